The second kappa shape index (κ2) is 10.7. The van der Waals surface area contributed by atoms with E-state index in [4.69, 9.17) is 4.74 Å². The minimum Gasteiger partial charge on any atom is -0.379 e. The number of ether oxygens (including phenoxy) is 1. The van der Waals surface area contributed by atoms with Crippen molar-refractivity contribution in [2.45, 2.75) is 71.0 Å². The molecule has 1 saturated carbocycles. The third-order valence-electron chi connectivity index (χ3n) is 8.81. The van der Waals surface area contributed by atoms with Gasteiger partial charge in [-0.1, -0.05) is 13.8 Å². The summed E-state index contributed by atoms with van der Waals surface area (Å²) < 4.78 is 37.3. The quantitative estimate of drug-likeness (QED) is 0.607. The van der Waals surface area contributed by atoms with Crippen LogP contribution in [0.2, 0.25) is 0 Å². The van der Waals surface area contributed by atoms with Crippen molar-refractivity contribution in [2.24, 2.45) is 11.8 Å². The Hall–Kier alpha value is -1.77. The summed E-state index contributed by atoms with van der Waals surface area (Å²) in [5.74, 6) is -0.182. The maximum absolute atomic E-state index is 14.3. The van der Waals surface area contributed by atoms with Gasteiger partial charge in [0.05, 0.1) is 24.2 Å². The molecule has 0 radical (unpaired) electrons. The molecule has 0 unspecified atom stereocenters. The molecule has 5 rings (SSSR count). The van der Waals surface area contributed by atoms with E-state index >= 15 is 0 Å². The highest BCUT2D eigenvalue weighted by atomic mass is 19.2. The summed E-state index contributed by atoms with van der Waals surface area (Å²) in [4.78, 5) is 18.5. The largest absolute Gasteiger partial charge is 0.379 e. The Morgan fingerprint density at radius 2 is 1.49 bits per heavy atom. The molecule has 0 N–H and O–H groups in total. The van der Waals surface area contributed by atoms with Gasteiger partial charge < -0.3 is 9.64 Å². The summed E-state index contributed by atoms with van der Waals surface area (Å²) in [6.07, 6.45) is 6.88. The van der Waals surface area contributed by atoms with E-state index in [-0.39, 0.29) is 11.7 Å². The molecule has 2 saturated heterocycles. The Kier molecular flexibility index (Phi) is 7.61. The standard InChI is InChI=1S/C27H40F2N4O2/c1-19(2)20-3-5-21(6-4-20)31-9-7-22(8-10-31)33-26-18-24(29)23(28)17-25(26)32(27(33)34)12-11-30-13-15-35-16-14-30/h17-22H,3-16H2,1-2H3/t20-,21-. The lowest BCUT2D eigenvalue weighted by atomic mass is 9.79. The maximum Gasteiger partial charge on any atom is 0.329 e. The van der Waals surface area contributed by atoms with Crippen LogP contribution in [-0.4, -0.2) is 70.9 Å². The van der Waals surface area contributed by atoms with Crippen LogP contribution in [0.15, 0.2) is 16.9 Å². The highest BCUT2D eigenvalue weighted by Crippen LogP contribution is 2.35. The number of benzene rings is 1. The average molecular weight is 491 g/mol. The second-order valence-corrected chi connectivity index (χ2v) is 11.1. The number of aromatic nitrogens is 2. The summed E-state index contributed by atoms with van der Waals surface area (Å²) in [7, 11) is 0. The Balaban J connectivity index is 1.32. The maximum atomic E-state index is 14.3. The van der Waals surface area contributed by atoms with E-state index < -0.39 is 11.6 Å². The van der Waals surface area contributed by atoms with E-state index in [1.807, 2.05) is 0 Å². The highest BCUT2D eigenvalue weighted by Gasteiger charge is 2.32. The van der Waals surface area contributed by atoms with Crippen LogP contribution in [0.3, 0.4) is 0 Å². The van der Waals surface area contributed by atoms with Crippen LogP contribution >= 0.6 is 0 Å². The summed E-state index contributed by atoms with van der Waals surface area (Å²) in [5.41, 5.74) is 0.873. The molecule has 2 aromatic rings. The van der Waals surface area contributed by atoms with Crippen LogP contribution in [-0.2, 0) is 11.3 Å². The lowest BCUT2D eigenvalue weighted by molar-refractivity contribution is 0.0363. The summed E-state index contributed by atoms with van der Waals surface area (Å²) in [6, 6.07) is 3.08. The zero-order chi connectivity index (χ0) is 24.5. The average Bonchev–Trinajstić information content (AvgIpc) is 3.13. The topological polar surface area (TPSA) is 42.6 Å². The molecule has 3 heterocycles. The fraction of sp³-hybridized carbons (Fsp3) is 0.741. The number of nitrogens with zero attached hydrogens (tertiary/aromatic N) is 4. The molecule has 3 aliphatic rings. The summed E-state index contributed by atoms with van der Waals surface area (Å²) in [6.45, 7) is 10.8. The second-order valence-electron chi connectivity index (χ2n) is 11.1. The molecule has 1 aliphatic carbocycles. The van der Waals surface area contributed by atoms with Gasteiger partial charge in [0.25, 0.3) is 0 Å². The fourth-order valence-corrected chi connectivity index (χ4v) is 6.55. The number of halogens is 2. The van der Waals surface area contributed by atoms with E-state index in [0.29, 0.717) is 43.4 Å². The lowest BCUT2D eigenvalue weighted by Gasteiger charge is -2.41. The molecule has 0 amide bonds. The van der Waals surface area contributed by atoms with Crippen molar-refractivity contribution in [2.75, 3.05) is 45.9 Å². The molecule has 6 nitrogen and oxygen atoms in total. The molecule has 3 fully saturated rings. The van der Waals surface area contributed by atoms with Crippen molar-refractivity contribution in [3.8, 4) is 0 Å². The number of hydrogen-bond acceptors (Lipinski definition) is 4. The van der Waals surface area contributed by atoms with Crippen molar-refractivity contribution < 1.29 is 13.5 Å². The van der Waals surface area contributed by atoms with Gasteiger partial charge in [0.2, 0.25) is 0 Å². The highest BCUT2D eigenvalue weighted by molar-refractivity contribution is 5.76. The monoisotopic (exact) mass is 490 g/mol. The molecule has 0 bridgehead atoms. The van der Waals surface area contributed by atoms with Gasteiger partial charge in [-0.3, -0.25) is 14.0 Å². The fourth-order valence-electron chi connectivity index (χ4n) is 6.55. The molecular weight excluding hydrogens is 450 g/mol. The number of imidazole rings is 1. The van der Waals surface area contributed by atoms with Crippen LogP contribution in [0.1, 0.15) is 58.4 Å². The van der Waals surface area contributed by atoms with Gasteiger partial charge >= 0.3 is 5.69 Å². The minimum atomic E-state index is -0.901. The zero-order valence-electron chi connectivity index (χ0n) is 21.2. The van der Waals surface area contributed by atoms with E-state index in [2.05, 4.69) is 23.6 Å². The number of hydrogen-bond donors (Lipinski definition) is 0. The van der Waals surface area contributed by atoms with Crippen LogP contribution in [0.5, 0.6) is 0 Å². The van der Waals surface area contributed by atoms with Gasteiger partial charge in [0.1, 0.15) is 0 Å². The van der Waals surface area contributed by atoms with Gasteiger partial charge in [0.15, 0.2) is 11.6 Å². The van der Waals surface area contributed by atoms with Crippen LogP contribution in [0.4, 0.5) is 8.78 Å². The first-order chi connectivity index (χ1) is 16.9. The molecule has 194 valence electrons. The van der Waals surface area contributed by atoms with E-state index in [1.165, 1.54) is 37.8 Å². The van der Waals surface area contributed by atoms with Gasteiger partial charge in [-0.15, -0.1) is 0 Å². The Morgan fingerprint density at radius 3 is 2.11 bits per heavy atom. The van der Waals surface area contributed by atoms with Crippen LogP contribution < -0.4 is 5.69 Å². The van der Waals surface area contributed by atoms with Gasteiger partial charge in [-0.2, -0.15) is 0 Å². The molecule has 1 aromatic heterocycles. The summed E-state index contributed by atoms with van der Waals surface area (Å²) in [5, 5.41) is 0. The number of morpholine rings is 1. The predicted octanol–water partition coefficient (Wildman–Crippen LogP) is 4.27. The van der Waals surface area contributed by atoms with E-state index in [1.54, 1.807) is 9.13 Å². The van der Waals surface area contributed by atoms with Crippen molar-refractivity contribution in [3.05, 3.63) is 34.3 Å². The molecule has 0 atom stereocenters. The summed E-state index contributed by atoms with van der Waals surface area (Å²) >= 11 is 0. The number of fused-ring (bicyclic) bond motifs is 1. The molecular formula is C27H40F2N4O2. The molecule has 1 aromatic carbocycles. The van der Waals surface area contributed by atoms with Crippen molar-refractivity contribution >= 4 is 11.0 Å². The molecule has 0 spiro atoms. The van der Waals surface area contributed by atoms with Crippen molar-refractivity contribution in [3.63, 3.8) is 0 Å². The predicted molar refractivity (Wildman–Crippen MR) is 134 cm³/mol. The van der Waals surface area contributed by atoms with Gasteiger partial charge in [-0.05, 0) is 50.4 Å². The lowest BCUT2D eigenvalue weighted by Crippen LogP contribution is -2.45. The zero-order valence-corrected chi connectivity index (χ0v) is 21.2. The first-order valence-electron chi connectivity index (χ1n) is 13.6. The normalized spacial score (nSPS) is 25.6. The smallest absolute Gasteiger partial charge is 0.329 e. The minimum absolute atomic E-state index is 0.0164. The van der Waals surface area contributed by atoms with Crippen molar-refractivity contribution in [1.29, 1.82) is 0 Å². The third kappa shape index (κ3) is 5.20. The SMILES string of the molecule is CC(C)[C@H]1CC[C@H](N2CCC(n3c(=O)n(CCN4CCOCC4)c4cc(F)c(F)cc43)CC2)CC1. The Bertz CT molecular complexity index is 1060. The number of likely N-dealkylation sites (tertiary alicyclic amines) is 1. The van der Waals surface area contributed by atoms with Gasteiger partial charge in [-0.25, -0.2) is 13.6 Å². The molecule has 2 aliphatic heterocycles. The Morgan fingerprint density at radius 1 is 0.857 bits per heavy atom. The van der Waals surface area contributed by atoms with Crippen LogP contribution in [0, 0.1) is 23.5 Å². The Labute approximate surface area is 206 Å². The van der Waals surface area contributed by atoms with Crippen LogP contribution in [0.25, 0.3) is 11.0 Å². The van der Waals surface area contributed by atoms with Gasteiger partial charge in [0, 0.05) is 63.5 Å². The first kappa shape index (κ1) is 24.9. The third-order valence-corrected chi connectivity index (χ3v) is 8.81. The van der Waals surface area contributed by atoms with E-state index in [0.717, 1.165) is 50.9 Å². The molecule has 35 heavy (non-hydrogen) atoms. The number of rotatable bonds is 6. The van der Waals surface area contributed by atoms with Crippen molar-refractivity contribution in [1.82, 2.24) is 18.9 Å². The molecule has 8 heteroatoms. The first-order valence-corrected chi connectivity index (χ1v) is 13.6. The van der Waals surface area contributed by atoms with E-state index in [9.17, 15) is 13.6 Å². The number of piperidine rings is 1.